The van der Waals surface area contributed by atoms with Crippen LogP contribution in [0.5, 0.6) is 0 Å². The zero-order valence-electron chi connectivity index (χ0n) is 12.9. The molecule has 2 saturated carbocycles. The Morgan fingerprint density at radius 3 is 2.32 bits per heavy atom. The molecule has 19 heavy (non-hydrogen) atoms. The maximum Gasteiger partial charge on any atom is 0.0212 e. The number of rotatable bonds is 4. The van der Waals surface area contributed by atoms with Gasteiger partial charge in [-0.3, -0.25) is 4.90 Å². The van der Waals surface area contributed by atoms with Crippen LogP contribution in [0.3, 0.4) is 0 Å². The highest BCUT2D eigenvalue weighted by atomic mass is 15.3. The highest BCUT2D eigenvalue weighted by molar-refractivity contribution is 4.96. The van der Waals surface area contributed by atoms with Crippen molar-refractivity contribution in [3.63, 3.8) is 0 Å². The van der Waals surface area contributed by atoms with Gasteiger partial charge in [0.05, 0.1) is 0 Å². The van der Waals surface area contributed by atoms with Crippen LogP contribution >= 0.6 is 0 Å². The van der Waals surface area contributed by atoms with Crippen LogP contribution in [0.15, 0.2) is 0 Å². The van der Waals surface area contributed by atoms with Crippen LogP contribution in [-0.2, 0) is 0 Å². The maximum absolute atomic E-state index is 3.98. The lowest BCUT2D eigenvalue weighted by Crippen LogP contribution is -2.42. The third kappa shape index (κ3) is 3.52. The van der Waals surface area contributed by atoms with E-state index >= 15 is 0 Å². The molecule has 2 unspecified atom stereocenters. The van der Waals surface area contributed by atoms with Crippen LogP contribution in [0.1, 0.15) is 71.6 Å². The Balaban J connectivity index is 1.47. The molecule has 110 valence electrons. The molecule has 0 amide bonds. The predicted molar refractivity (Wildman–Crippen MR) is 81.4 cm³/mol. The molecule has 3 fully saturated rings. The Hall–Kier alpha value is -0.0800. The SMILES string of the molecule is CC1CC(N[C@@H](C)C2CCCCCC2)CN1C1CC1. The summed E-state index contributed by atoms with van der Waals surface area (Å²) in [5.74, 6) is 0.938. The van der Waals surface area contributed by atoms with Crippen LogP contribution in [0, 0.1) is 5.92 Å². The van der Waals surface area contributed by atoms with Crippen molar-refractivity contribution in [2.24, 2.45) is 5.92 Å². The van der Waals surface area contributed by atoms with E-state index in [4.69, 9.17) is 0 Å². The number of nitrogens with one attached hydrogen (secondary N) is 1. The largest absolute Gasteiger partial charge is 0.310 e. The highest BCUT2D eigenvalue weighted by Gasteiger charge is 2.39. The molecule has 2 nitrogen and oxygen atoms in total. The number of hydrogen-bond acceptors (Lipinski definition) is 2. The molecule has 3 atom stereocenters. The van der Waals surface area contributed by atoms with Crippen molar-refractivity contribution in [3.8, 4) is 0 Å². The molecule has 1 heterocycles. The molecule has 0 aromatic rings. The average Bonchev–Trinajstić information content (AvgIpc) is 3.19. The Kier molecular flexibility index (Phi) is 4.48. The summed E-state index contributed by atoms with van der Waals surface area (Å²) in [4.78, 5) is 2.76. The summed E-state index contributed by atoms with van der Waals surface area (Å²) in [7, 11) is 0. The monoisotopic (exact) mass is 264 g/mol. The van der Waals surface area contributed by atoms with Crippen molar-refractivity contribution in [1.82, 2.24) is 10.2 Å². The summed E-state index contributed by atoms with van der Waals surface area (Å²) in [5, 5.41) is 3.98. The Morgan fingerprint density at radius 1 is 1.00 bits per heavy atom. The van der Waals surface area contributed by atoms with E-state index in [1.54, 1.807) is 0 Å². The molecule has 2 aliphatic carbocycles. The standard InChI is InChI=1S/C17H32N2/c1-13-11-16(12-19(13)17-9-10-17)18-14(2)15-7-5-3-4-6-8-15/h13-18H,3-12H2,1-2H3/t13?,14-,16?/m0/s1. The fourth-order valence-corrected chi connectivity index (χ4v) is 4.41. The van der Waals surface area contributed by atoms with Gasteiger partial charge in [0, 0.05) is 30.7 Å². The van der Waals surface area contributed by atoms with E-state index in [0.29, 0.717) is 0 Å². The summed E-state index contributed by atoms with van der Waals surface area (Å²) >= 11 is 0. The number of likely N-dealkylation sites (tertiary alicyclic amines) is 1. The normalized spacial score (nSPS) is 36.3. The van der Waals surface area contributed by atoms with E-state index < -0.39 is 0 Å². The minimum atomic E-state index is 0.731. The second kappa shape index (κ2) is 6.13. The summed E-state index contributed by atoms with van der Waals surface area (Å²) in [6.45, 7) is 6.18. The third-order valence-corrected chi connectivity index (χ3v) is 5.74. The molecular weight excluding hydrogens is 232 g/mol. The van der Waals surface area contributed by atoms with Gasteiger partial charge in [-0.2, -0.15) is 0 Å². The molecule has 3 rings (SSSR count). The zero-order chi connectivity index (χ0) is 13.2. The van der Waals surface area contributed by atoms with Gasteiger partial charge in [0.2, 0.25) is 0 Å². The van der Waals surface area contributed by atoms with Crippen molar-refractivity contribution < 1.29 is 0 Å². The molecule has 1 aliphatic heterocycles. The van der Waals surface area contributed by atoms with E-state index in [-0.39, 0.29) is 0 Å². The van der Waals surface area contributed by atoms with Gasteiger partial charge in [0.15, 0.2) is 0 Å². The van der Waals surface area contributed by atoms with E-state index in [0.717, 1.165) is 30.1 Å². The second-order valence-electron chi connectivity index (χ2n) is 7.42. The minimum absolute atomic E-state index is 0.731. The lowest BCUT2D eigenvalue weighted by molar-refractivity contribution is 0.250. The molecule has 0 aromatic carbocycles. The quantitative estimate of drug-likeness (QED) is 0.781. The minimum Gasteiger partial charge on any atom is -0.310 e. The molecule has 1 saturated heterocycles. The van der Waals surface area contributed by atoms with Crippen LogP contribution in [0.4, 0.5) is 0 Å². The first-order valence-electron chi connectivity index (χ1n) is 8.76. The van der Waals surface area contributed by atoms with Crippen molar-refractivity contribution >= 4 is 0 Å². The Labute approximate surface area is 119 Å². The highest BCUT2D eigenvalue weighted by Crippen LogP contribution is 2.34. The van der Waals surface area contributed by atoms with Crippen LogP contribution in [0.25, 0.3) is 0 Å². The molecule has 1 N–H and O–H groups in total. The van der Waals surface area contributed by atoms with Gasteiger partial charge in [-0.15, -0.1) is 0 Å². The number of nitrogens with zero attached hydrogens (tertiary/aromatic N) is 1. The molecule has 0 radical (unpaired) electrons. The lowest BCUT2D eigenvalue weighted by Gasteiger charge is -2.27. The van der Waals surface area contributed by atoms with Crippen molar-refractivity contribution in [2.75, 3.05) is 6.54 Å². The van der Waals surface area contributed by atoms with Gasteiger partial charge in [0.1, 0.15) is 0 Å². The first-order valence-corrected chi connectivity index (χ1v) is 8.76. The van der Waals surface area contributed by atoms with E-state index in [2.05, 4.69) is 24.1 Å². The Morgan fingerprint density at radius 2 is 1.68 bits per heavy atom. The molecule has 0 spiro atoms. The molecule has 2 heteroatoms. The first-order chi connectivity index (χ1) is 9.24. The van der Waals surface area contributed by atoms with E-state index in [9.17, 15) is 0 Å². The summed E-state index contributed by atoms with van der Waals surface area (Å²) in [5.41, 5.74) is 0. The molecular formula is C17H32N2. The molecule has 0 aromatic heterocycles. The van der Waals surface area contributed by atoms with E-state index in [1.807, 2.05) is 0 Å². The fourth-order valence-electron chi connectivity index (χ4n) is 4.41. The van der Waals surface area contributed by atoms with Gasteiger partial charge in [-0.25, -0.2) is 0 Å². The number of hydrogen-bond donors (Lipinski definition) is 1. The molecule has 3 aliphatic rings. The van der Waals surface area contributed by atoms with Crippen LogP contribution in [0.2, 0.25) is 0 Å². The maximum atomic E-state index is 3.98. The topological polar surface area (TPSA) is 15.3 Å². The zero-order valence-corrected chi connectivity index (χ0v) is 12.9. The second-order valence-corrected chi connectivity index (χ2v) is 7.42. The van der Waals surface area contributed by atoms with Crippen molar-refractivity contribution in [1.29, 1.82) is 0 Å². The van der Waals surface area contributed by atoms with Gasteiger partial charge in [-0.1, -0.05) is 25.7 Å². The smallest absolute Gasteiger partial charge is 0.0212 e. The van der Waals surface area contributed by atoms with Gasteiger partial charge < -0.3 is 5.32 Å². The summed E-state index contributed by atoms with van der Waals surface area (Å²) in [6, 6.07) is 3.24. The summed E-state index contributed by atoms with van der Waals surface area (Å²) in [6.07, 6.45) is 13.1. The van der Waals surface area contributed by atoms with Gasteiger partial charge >= 0.3 is 0 Å². The van der Waals surface area contributed by atoms with Crippen molar-refractivity contribution in [2.45, 2.75) is 95.8 Å². The fraction of sp³-hybridized carbons (Fsp3) is 1.00. The average molecular weight is 264 g/mol. The van der Waals surface area contributed by atoms with Gasteiger partial charge in [-0.05, 0) is 51.9 Å². The lowest BCUT2D eigenvalue weighted by atomic mass is 9.92. The predicted octanol–water partition coefficient (Wildman–Crippen LogP) is 3.56. The summed E-state index contributed by atoms with van der Waals surface area (Å²) < 4.78 is 0. The van der Waals surface area contributed by atoms with Crippen LogP contribution < -0.4 is 5.32 Å². The third-order valence-electron chi connectivity index (χ3n) is 5.74. The van der Waals surface area contributed by atoms with Crippen LogP contribution in [-0.4, -0.2) is 35.6 Å². The van der Waals surface area contributed by atoms with Gasteiger partial charge in [0.25, 0.3) is 0 Å². The first kappa shape index (κ1) is 13.9. The molecule has 0 bridgehead atoms. The Bertz CT molecular complexity index is 279. The van der Waals surface area contributed by atoms with E-state index in [1.165, 1.54) is 64.3 Å². The van der Waals surface area contributed by atoms with Crippen molar-refractivity contribution in [3.05, 3.63) is 0 Å².